The highest BCUT2D eigenvalue weighted by Crippen LogP contribution is 2.13. The zero-order valence-electron chi connectivity index (χ0n) is 12.2. The van der Waals surface area contributed by atoms with Crippen LogP contribution in [-0.2, 0) is 19.4 Å². The number of nitrogens with zero attached hydrogens (tertiary/aromatic N) is 4. The van der Waals surface area contributed by atoms with Crippen molar-refractivity contribution in [3.63, 3.8) is 0 Å². The van der Waals surface area contributed by atoms with E-state index in [1.165, 1.54) is 0 Å². The van der Waals surface area contributed by atoms with Crippen LogP contribution in [-0.4, -0.2) is 25.8 Å². The van der Waals surface area contributed by atoms with E-state index in [0.717, 1.165) is 35.9 Å². The topological polar surface area (TPSA) is 81.7 Å². The van der Waals surface area contributed by atoms with Gasteiger partial charge in [-0.2, -0.15) is 5.10 Å². The van der Waals surface area contributed by atoms with Gasteiger partial charge in [-0.25, -0.2) is 14.6 Å². The Morgan fingerprint density at radius 1 is 1.40 bits per heavy atom. The van der Waals surface area contributed by atoms with Crippen LogP contribution in [0.25, 0.3) is 0 Å². The van der Waals surface area contributed by atoms with Crippen LogP contribution in [0.4, 0.5) is 0 Å². The van der Waals surface area contributed by atoms with Crippen LogP contribution >= 0.6 is 11.3 Å². The summed E-state index contributed by atoms with van der Waals surface area (Å²) in [4.78, 5) is 8.82. The minimum Gasteiger partial charge on any atom is -0.271 e. The maximum Gasteiger partial charge on any atom is 0.138 e. The molecular formula is C13H22N6S. The predicted molar refractivity (Wildman–Crippen MR) is 80.2 cm³/mol. The molecule has 0 amide bonds. The number of rotatable bonds is 7. The molecule has 20 heavy (non-hydrogen) atoms. The van der Waals surface area contributed by atoms with Crippen molar-refractivity contribution in [2.45, 2.75) is 46.2 Å². The maximum absolute atomic E-state index is 5.66. The third kappa shape index (κ3) is 4.09. The van der Waals surface area contributed by atoms with Gasteiger partial charge < -0.3 is 0 Å². The van der Waals surface area contributed by atoms with E-state index in [2.05, 4.69) is 39.7 Å². The first kappa shape index (κ1) is 15.1. The number of hydrazine groups is 1. The summed E-state index contributed by atoms with van der Waals surface area (Å²) in [6, 6.07) is 0.121. The minimum absolute atomic E-state index is 0.121. The molecule has 2 aromatic heterocycles. The lowest BCUT2D eigenvalue weighted by atomic mass is 10.1. The second-order valence-electron chi connectivity index (χ2n) is 5.41. The van der Waals surface area contributed by atoms with Crippen molar-refractivity contribution in [3.05, 3.63) is 28.2 Å². The summed E-state index contributed by atoms with van der Waals surface area (Å²) >= 11 is 1.67. The quantitative estimate of drug-likeness (QED) is 0.594. The average molecular weight is 294 g/mol. The predicted octanol–water partition coefficient (Wildman–Crippen LogP) is 1.32. The Morgan fingerprint density at radius 2 is 2.20 bits per heavy atom. The van der Waals surface area contributed by atoms with Crippen LogP contribution in [0.1, 0.15) is 30.4 Å². The van der Waals surface area contributed by atoms with Crippen molar-refractivity contribution < 1.29 is 0 Å². The molecule has 0 fully saturated rings. The third-order valence-electron chi connectivity index (χ3n) is 2.99. The van der Waals surface area contributed by atoms with Gasteiger partial charge in [0.2, 0.25) is 0 Å². The lowest BCUT2D eigenvalue weighted by Gasteiger charge is -2.15. The van der Waals surface area contributed by atoms with Gasteiger partial charge in [0.15, 0.2) is 0 Å². The lowest BCUT2D eigenvalue weighted by molar-refractivity contribution is 0.441. The van der Waals surface area contributed by atoms with Gasteiger partial charge in [0, 0.05) is 36.5 Å². The monoisotopic (exact) mass is 294 g/mol. The third-order valence-corrected chi connectivity index (χ3v) is 3.98. The summed E-state index contributed by atoms with van der Waals surface area (Å²) in [5, 5.41) is 7.44. The number of hydrogen-bond donors (Lipinski definition) is 2. The fourth-order valence-corrected chi connectivity index (χ4v) is 2.92. The van der Waals surface area contributed by atoms with Crippen molar-refractivity contribution in [2.24, 2.45) is 11.8 Å². The number of nitrogens with one attached hydrogen (secondary N) is 1. The fraction of sp³-hybridized carbons (Fsp3) is 0.615. The molecule has 2 aromatic rings. The molecule has 7 heteroatoms. The standard InChI is InChI=1S/C13H22N6S/c1-9(2)6-19-12(15-8-16-19)4-11(18-14)5-13-17-10(3)7-20-13/h7-9,11,18H,4-6,14H2,1-3H3. The first-order valence-corrected chi connectivity index (χ1v) is 7.70. The zero-order valence-corrected chi connectivity index (χ0v) is 13.0. The molecule has 1 atom stereocenters. The van der Waals surface area contributed by atoms with Crippen LogP contribution < -0.4 is 11.3 Å². The summed E-state index contributed by atoms with van der Waals surface area (Å²) in [6.45, 7) is 7.22. The first-order chi connectivity index (χ1) is 9.58. The minimum atomic E-state index is 0.121. The zero-order chi connectivity index (χ0) is 14.5. The molecule has 6 nitrogen and oxygen atoms in total. The molecule has 0 spiro atoms. The molecule has 2 rings (SSSR count). The number of nitrogens with two attached hydrogens (primary N) is 1. The Hall–Kier alpha value is -1.31. The molecule has 0 saturated heterocycles. The molecule has 3 N–H and O–H groups in total. The Kier molecular flexibility index (Phi) is 5.22. The molecule has 0 bridgehead atoms. The number of thiazole rings is 1. The average Bonchev–Trinajstić information content (AvgIpc) is 2.98. The van der Waals surface area contributed by atoms with Gasteiger partial charge in [-0.15, -0.1) is 11.3 Å². The largest absolute Gasteiger partial charge is 0.271 e. The van der Waals surface area contributed by atoms with Crippen LogP contribution in [0.15, 0.2) is 11.7 Å². The molecular weight excluding hydrogens is 272 g/mol. The maximum atomic E-state index is 5.66. The summed E-state index contributed by atoms with van der Waals surface area (Å²) in [7, 11) is 0. The van der Waals surface area contributed by atoms with E-state index in [0.29, 0.717) is 5.92 Å². The highest BCUT2D eigenvalue weighted by atomic mass is 32.1. The van der Waals surface area contributed by atoms with Crippen LogP contribution in [0.3, 0.4) is 0 Å². The van der Waals surface area contributed by atoms with Crippen molar-refractivity contribution in [3.8, 4) is 0 Å². The van der Waals surface area contributed by atoms with E-state index in [1.807, 2.05) is 11.6 Å². The number of hydrogen-bond acceptors (Lipinski definition) is 6. The molecule has 0 saturated carbocycles. The lowest BCUT2D eigenvalue weighted by Crippen LogP contribution is -2.39. The Bertz CT molecular complexity index is 532. The van der Waals surface area contributed by atoms with Gasteiger partial charge in [0.05, 0.1) is 5.01 Å². The molecule has 0 aromatic carbocycles. The second kappa shape index (κ2) is 6.92. The summed E-state index contributed by atoms with van der Waals surface area (Å²) in [5.41, 5.74) is 3.92. The van der Waals surface area contributed by atoms with Gasteiger partial charge in [0.1, 0.15) is 12.2 Å². The van der Waals surface area contributed by atoms with Crippen LogP contribution in [0.5, 0.6) is 0 Å². The second-order valence-corrected chi connectivity index (χ2v) is 6.35. The highest BCUT2D eigenvalue weighted by Gasteiger charge is 2.15. The molecule has 2 heterocycles. The number of aryl methyl sites for hydroxylation is 1. The Morgan fingerprint density at radius 3 is 2.80 bits per heavy atom. The van der Waals surface area contributed by atoms with E-state index >= 15 is 0 Å². The Labute approximate surface area is 123 Å². The Balaban J connectivity index is 2.01. The molecule has 0 aliphatic heterocycles. The van der Waals surface area contributed by atoms with E-state index in [9.17, 15) is 0 Å². The summed E-state index contributed by atoms with van der Waals surface area (Å²) in [6.07, 6.45) is 3.17. The van der Waals surface area contributed by atoms with Gasteiger partial charge in [-0.1, -0.05) is 13.8 Å². The van der Waals surface area contributed by atoms with Gasteiger partial charge in [-0.3, -0.25) is 11.3 Å². The van der Waals surface area contributed by atoms with E-state index in [-0.39, 0.29) is 6.04 Å². The summed E-state index contributed by atoms with van der Waals surface area (Å²) < 4.78 is 1.96. The van der Waals surface area contributed by atoms with E-state index in [4.69, 9.17) is 5.84 Å². The van der Waals surface area contributed by atoms with Crippen molar-refractivity contribution in [1.82, 2.24) is 25.2 Å². The van der Waals surface area contributed by atoms with Crippen LogP contribution in [0, 0.1) is 12.8 Å². The van der Waals surface area contributed by atoms with E-state index in [1.54, 1.807) is 17.7 Å². The SMILES string of the molecule is Cc1csc(CC(Cc2ncnn2CC(C)C)NN)n1. The van der Waals surface area contributed by atoms with Crippen molar-refractivity contribution in [1.29, 1.82) is 0 Å². The van der Waals surface area contributed by atoms with Crippen LogP contribution in [0.2, 0.25) is 0 Å². The molecule has 0 aliphatic rings. The number of aromatic nitrogens is 4. The molecule has 1 unspecified atom stereocenters. The van der Waals surface area contributed by atoms with Gasteiger partial charge in [-0.05, 0) is 12.8 Å². The van der Waals surface area contributed by atoms with Gasteiger partial charge >= 0.3 is 0 Å². The molecule has 110 valence electrons. The van der Waals surface area contributed by atoms with Crippen molar-refractivity contribution in [2.75, 3.05) is 0 Å². The summed E-state index contributed by atoms with van der Waals surface area (Å²) in [5.74, 6) is 7.18. The highest BCUT2D eigenvalue weighted by molar-refractivity contribution is 7.09. The van der Waals surface area contributed by atoms with Gasteiger partial charge in [0.25, 0.3) is 0 Å². The first-order valence-electron chi connectivity index (χ1n) is 6.82. The van der Waals surface area contributed by atoms with E-state index < -0.39 is 0 Å². The molecule has 0 aliphatic carbocycles. The van der Waals surface area contributed by atoms with Crippen molar-refractivity contribution >= 4 is 11.3 Å². The fourth-order valence-electron chi connectivity index (χ4n) is 2.06. The molecule has 0 radical (unpaired) electrons. The normalized spacial score (nSPS) is 13.1. The smallest absolute Gasteiger partial charge is 0.138 e.